The van der Waals surface area contributed by atoms with Crippen LogP contribution in [0.1, 0.15) is 34.1 Å². The van der Waals surface area contributed by atoms with Gasteiger partial charge in [0.15, 0.2) is 5.69 Å². The number of esters is 1. The van der Waals surface area contributed by atoms with E-state index in [9.17, 15) is 14.4 Å². The number of pyridine rings is 1. The number of ether oxygens (including phenoxy) is 2. The Kier molecular flexibility index (Phi) is 7.28. The molecule has 0 spiro atoms. The van der Waals surface area contributed by atoms with Crippen molar-refractivity contribution >= 4 is 35.2 Å². The molecular formula is C27H26ClN3O5S. The van der Waals surface area contributed by atoms with Crippen LogP contribution in [-0.2, 0) is 21.7 Å². The topological polar surface area (TPSA) is 89.9 Å². The maximum absolute atomic E-state index is 13.6. The monoisotopic (exact) mass is 539 g/mol. The summed E-state index contributed by atoms with van der Waals surface area (Å²) >= 11 is 8.39. The molecule has 3 aromatic rings. The molecule has 0 saturated heterocycles. The first kappa shape index (κ1) is 25.4. The number of nitrogens with one attached hydrogen (secondary N) is 1. The number of likely N-dealkylation sites (N-methyl/N-ethyl adjacent to an activating group) is 1. The zero-order valence-electron chi connectivity index (χ0n) is 20.5. The van der Waals surface area contributed by atoms with Crippen LogP contribution in [0.4, 0.5) is 0 Å². The van der Waals surface area contributed by atoms with Crippen molar-refractivity contribution in [3.63, 3.8) is 0 Å². The van der Waals surface area contributed by atoms with Crippen LogP contribution < -0.4 is 15.6 Å². The summed E-state index contributed by atoms with van der Waals surface area (Å²) in [5.74, 6) is -0.778. The van der Waals surface area contributed by atoms with Gasteiger partial charge in [-0.1, -0.05) is 35.9 Å². The van der Waals surface area contributed by atoms with Gasteiger partial charge < -0.3 is 19.8 Å². The lowest BCUT2D eigenvalue weighted by atomic mass is 9.93. The van der Waals surface area contributed by atoms with Gasteiger partial charge in [0.25, 0.3) is 5.91 Å². The van der Waals surface area contributed by atoms with Crippen LogP contribution in [0.15, 0.2) is 52.2 Å². The smallest absolute Gasteiger partial charge is 0.308 e. The van der Waals surface area contributed by atoms with Gasteiger partial charge in [-0.25, -0.2) is 0 Å². The number of hydrogen-bond donors (Lipinski definition) is 1. The Labute approximate surface area is 223 Å². The second kappa shape index (κ2) is 10.6. The first-order valence-electron chi connectivity index (χ1n) is 11.9. The minimum Gasteiger partial charge on any atom is -0.420 e. The summed E-state index contributed by atoms with van der Waals surface area (Å²) in [7, 11) is 1.62. The van der Waals surface area contributed by atoms with E-state index in [0.29, 0.717) is 49.2 Å². The van der Waals surface area contributed by atoms with E-state index in [-0.39, 0.29) is 11.4 Å². The first-order valence-corrected chi connectivity index (χ1v) is 13.3. The number of nitrogens with zero attached hydrogens (tertiary/aromatic N) is 2. The fourth-order valence-electron chi connectivity index (χ4n) is 4.60. The van der Waals surface area contributed by atoms with Crippen LogP contribution in [-0.4, -0.2) is 54.8 Å². The van der Waals surface area contributed by atoms with Gasteiger partial charge in [0.2, 0.25) is 11.2 Å². The molecule has 0 atom stereocenters. The van der Waals surface area contributed by atoms with Crippen molar-refractivity contribution in [2.45, 2.75) is 24.0 Å². The van der Waals surface area contributed by atoms with Crippen LogP contribution in [0.2, 0.25) is 5.02 Å². The molecule has 0 fully saturated rings. The minimum absolute atomic E-state index is 0.0332. The Morgan fingerprint density at radius 2 is 1.95 bits per heavy atom. The second-order valence-corrected chi connectivity index (χ2v) is 10.3. The molecule has 0 bridgehead atoms. The molecule has 1 amide bonds. The molecule has 8 nitrogen and oxygen atoms in total. The fraction of sp³-hybridized carbons (Fsp3) is 0.296. The molecule has 2 aromatic carbocycles. The fourth-order valence-corrected chi connectivity index (χ4v) is 6.05. The van der Waals surface area contributed by atoms with Gasteiger partial charge in [0, 0.05) is 47.8 Å². The average molecular weight is 540 g/mol. The highest BCUT2D eigenvalue weighted by Gasteiger charge is 2.29. The number of amides is 1. The maximum Gasteiger partial charge on any atom is 0.308 e. The molecule has 2 aliphatic rings. The van der Waals surface area contributed by atoms with Crippen LogP contribution >= 0.6 is 23.4 Å². The largest absolute Gasteiger partial charge is 0.420 e. The molecule has 3 heterocycles. The first-order chi connectivity index (χ1) is 17.8. The van der Waals surface area contributed by atoms with Gasteiger partial charge in [0.05, 0.1) is 25.5 Å². The highest BCUT2D eigenvalue weighted by atomic mass is 35.5. The molecule has 10 heteroatoms. The van der Waals surface area contributed by atoms with Crippen LogP contribution in [0.5, 0.6) is 5.75 Å². The standard InChI is InChI=1S/C27H26ClN3O5S/c1-16(32)36-26-23(33)14-22(31-25(26)27(34)30(2)10-12-35-11-9-29-31)18-7-8-21(28)20-15-37-24-6-4-3-5-17(24)13-19(18)20/h3-8,14,29H,9-13,15H2,1-2H3. The summed E-state index contributed by atoms with van der Waals surface area (Å²) in [5, 5.41) is 0.649. The number of aromatic nitrogens is 1. The SMILES string of the molecule is CC(=O)Oc1c2n(c(-c3ccc(Cl)c4c3Cc3ccccc3SC4)cc1=O)NCCOCCN(C)C2=O. The van der Waals surface area contributed by atoms with E-state index in [4.69, 9.17) is 21.1 Å². The summed E-state index contributed by atoms with van der Waals surface area (Å²) in [5.41, 5.74) is 7.01. The molecule has 2 aliphatic heterocycles. The predicted octanol–water partition coefficient (Wildman–Crippen LogP) is 3.94. The molecule has 0 saturated carbocycles. The lowest BCUT2D eigenvalue weighted by Gasteiger charge is -2.27. The highest BCUT2D eigenvalue weighted by molar-refractivity contribution is 7.98. The van der Waals surface area contributed by atoms with Gasteiger partial charge in [0.1, 0.15) is 0 Å². The summed E-state index contributed by atoms with van der Waals surface area (Å²) in [4.78, 5) is 41.5. The van der Waals surface area contributed by atoms with Crippen molar-refractivity contribution in [2.75, 3.05) is 38.8 Å². The zero-order valence-corrected chi connectivity index (χ0v) is 22.1. The Morgan fingerprint density at radius 1 is 1.14 bits per heavy atom. The molecule has 0 radical (unpaired) electrons. The van der Waals surface area contributed by atoms with E-state index >= 15 is 0 Å². The third-order valence-electron chi connectivity index (χ3n) is 6.42. The van der Waals surface area contributed by atoms with Gasteiger partial charge in [-0.3, -0.25) is 19.1 Å². The van der Waals surface area contributed by atoms with E-state index in [0.717, 1.165) is 22.3 Å². The Bertz CT molecular complexity index is 1450. The van der Waals surface area contributed by atoms with Crippen molar-refractivity contribution in [2.24, 2.45) is 0 Å². The summed E-state index contributed by atoms with van der Waals surface area (Å²) in [6.45, 7) is 2.63. The summed E-state index contributed by atoms with van der Waals surface area (Å²) in [6.07, 6.45) is 0.612. The Balaban J connectivity index is 1.78. The molecule has 37 heavy (non-hydrogen) atoms. The normalized spacial score (nSPS) is 15.5. The van der Waals surface area contributed by atoms with E-state index in [1.54, 1.807) is 23.5 Å². The third kappa shape index (κ3) is 4.99. The van der Waals surface area contributed by atoms with Gasteiger partial charge in [-0.15, -0.1) is 11.8 Å². The molecule has 0 aliphatic carbocycles. The molecule has 1 aromatic heterocycles. The molecule has 192 valence electrons. The highest BCUT2D eigenvalue weighted by Crippen LogP contribution is 2.41. The van der Waals surface area contributed by atoms with Gasteiger partial charge in [-0.05, 0) is 35.2 Å². The molecule has 0 unspecified atom stereocenters. The van der Waals surface area contributed by atoms with Crippen LogP contribution in [0, 0.1) is 0 Å². The minimum atomic E-state index is -0.683. The number of thioether (sulfide) groups is 1. The lowest BCUT2D eigenvalue weighted by molar-refractivity contribution is -0.132. The molecule has 1 N–H and O–H groups in total. The van der Waals surface area contributed by atoms with Crippen LogP contribution in [0.25, 0.3) is 11.3 Å². The zero-order chi connectivity index (χ0) is 26.1. The predicted molar refractivity (Wildman–Crippen MR) is 143 cm³/mol. The number of rotatable bonds is 2. The van der Waals surface area contributed by atoms with E-state index in [2.05, 4.69) is 17.6 Å². The number of carbonyl (C=O) groups is 2. The quantitative estimate of drug-likeness (QED) is 0.493. The van der Waals surface area contributed by atoms with Crippen molar-refractivity contribution < 1.29 is 19.1 Å². The van der Waals surface area contributed by atoms with E-state index < -0.39 is 17.3 Å². The molecular weight excluding hydrogens is 514 g/mol. The number of halogens is 1. The van der Waals surface area contributed by atoms with Crippen LogP contribution in [0.3, 0.4) is 0 Å². The lowest BCUT2D eigenvalue weighted by Crippen LogP contribution is -2.39. The van der Waals surface area contributed by atoms with Gasteiger partial charge >= 0.3 is 5.97 Å². The number of benzene rings is 2. The van der Waals surface area contributed by atoms with Crippen molar-refractivity contribution in [3.8, 4) is 17.0 Å². The maximum atomic E-state index is 13.6. The number of fused-ring (bicyclic) bond motifs is 3. The summed E-state index contributed by atoms with van der Waals surface area (Å²) < 4.78 is 12.5. The summed E-state index contributed by atoms with van der Waals surface area (Å²) in [6, 6.07) is 13.3. The van der Waals surface area contributed by atoms with Crippen molar-refractivity contribution in [1.29, 1.82) is 0 Å². The Hall–Kier alpha value is -3.27. The second-order valence-electron chi connectivity index (χ2n) is 8.87. The number of carbonyl (C=O) groups excluding carboxylic acids is 2. The Morgan fingerprint density at radius 3 is 2.76 bits per heavy atom. The van der Waals surface area contributed by atoms with Gasteiger partial charge in [-0.2, -0.15) is 0 Å². The number of hydrogen-bond acceptors (Lipinski definition) is 7. The third-order valence-corrected chi connectivity index (χ3v) is 7.91. The van der Waals surface area contributed by atoms with Crippen molar-refractivity contribution in [1.82, 2.24) is 9.58 Å². The van der Waals surface area contributed by atoms with E-state index in [1.807, 2.05) is 24.3 Å². The van der Waals surface area contributed by atoms with Crippen molar-refractivity contribution in [3.05, 3.63) is 80.1 Å². The average Bonchev–Trinajstić information content (AvgIpc) is 3.07. The van der Waals surface area contributed by atoms with E-state index in [1.165, 1.54) is 22.8 Å². The molecule has 5 rings (SSSR count).